The minimum atomic E-state index is 0.208. The third-order valence-corrected chi connectivity index (χ3v) is 5.24. The fraction of sp³-hybridized carbons (Fsp3) is 1.00. The van der Waals surface area contributed by atoms with E-state index in [0.717, 1.165) is 38.8 Å². The SMILES string of the molecule is CCCCC(CC)CC(NCC)C(C)(C)N1CCOCC1. The summed E-state index contributed by atoms with van der Waals surface area (Å²) in [5.74, 6) is 0.856. The number of unbranched alkanes of at least 4 members (excludes halogenated alkanes) is 1. The lowest BCUT2D eigenvalue weighted by molar-refractivity contribution is -0.0263. The zero-order chi connectivity index (χ0) is 15.7. The first-order valence-electron chi connectivity index (χ1n) is 9.12. The van der Waals surface area contributed by atoms with Crippen molar-refractivity contribution in [1.82, 2.24) is 10.2 Å². The molecular weight excluding hydrogens is 260 g/mol. The zero-order valence-corrected chi connectivity index (χ0v) is 15.1. The smallest absolute Gasteiger partial charge is 0.0594 e. The van der Waals surface area contributed by atoms with Gasteiger partial charge in [-0.2, -0.15) is 0 Å². The maximum Gasteiger partial charge on any atom is 0.0594 e. The number of rotatable bonds is 10. The molecule has 0 aliphatic carbocycles. The lowest BCUT2D eigenvalue weighted by atomic mass is 9.82. The Morgan fingerprint density at radius 3 is 2.33 bits per heavy atom. The Morgan fingerprint density at radius 2 is 1.81 bits per heavy atom. The van der Waals surface area contributed by atoms with Crippen LogP contribution in [-0.2, 0) is 4.74 Å². The predicted molar refractivity (Wildman–Crippen MR) is 91.9 cm³/mol. The first-order valence-corrected chi connectivity index (χ1v) is 9.12. The summed E-state index contributed by atoms with van der Waals surface area (Å²) in [6.07, 6.45) is 6.68. The lowest BCUT2D eigenvalue weighted by Crippen LogP contribution is -2.60. The molecule has 1 fully saturated rings. The largest absolute Gasteiger partial charge is 0.379 e. The molecule has 0 bridgehead atoms. The highest BCUT2D eigenvalue weighted by molar-refractivity contribution is 4.95. The van der Waals surface area contributed by atoms with Crippen LogP contribution < -0.4 is 5.32 Å². The highest BCUT2D eigenvalue weighted by Crippen LogP contribution is 2.28. The van der Waals surface area contributed by atoms with E-state index in [1.807, 2.05) is 0 Å². The predicted octanol–water partition coefficient (Wildman–Crippen LogP) is 3.68. The number of hydrogen-bond acceptors (Lipinski definition) is 3. The lowest BCUT2D eigenvalue weighted by Gasteiger charge is -2.47. The van der Waals surface area contributed by atoms with Crippen LogP contribution in [0.1, 0.15) is 66.7 Å². The van der Waals surface area contributed by atoms with Crippen molar-refractivity contribution in [2.45, 2.75) is 78.3 Å². The Hall–Kier alpha value is -0.120. The molecule has 0 amide bonds. The van der Waals surface area contributed by atoms with E-state index in [1.165, 1.54) is 32.1 Å². The monoisotopic (exact) mass is 298 g/mol. The molecule has 0 saturated carbocycles. The number of morpholine rings is 1. The van der Waals surface area contributed by atoms with Gasteiger partial charge in [0, 0.05) is 24.7 Å². The number of nitrogens with zero attached hydrogens (tertiary/aromatic N) is 1. The molecule has 0 spiro atoms. The second-order valence-electron chi connectivity index (χ2n) is 7.02. The summed E-state index contributed by atoms with van der Waals surface area (Å²) in [5.41, 5.74) is 0.208. The molecule has 3 heteroatoms. The summed E-state index contributed by atoms with van der Waals surface area (Å²) in [4.78, 5) is 2.62. The number of nitrogens with one attached hydrogen (secondary N) is 1. The Labute approximate surface area is 132 Å². The highest BCUT2D eigenvalue weighted by atomic mass is 16.5. The maximum atomic E-state index is 5.53. The second kappa shape index (κ2) is 9.81. The zero-order valence-electron chi connectivity index (χ0n) is 15.1. The number of hydrogen-bond donors (Lipinski definition) is 1. The van der Waals surface area contributed by atoms with Gasteiger partial charge in [0.1, 0.15) is 0 Å². The number of likely N-dealkylation sites (N-methyl/N-ethyl adjacent to an activating group) is 1. The van der Waals surface area contributed by atoms with Gasteiger partial charge in [-0.15, -0.1) is 0 Å². The molecule has 1 aliphatic rings. The minimum absolute atomic E-state index is 0.208. The Bertz CT molecular complexity index is 262. The van der Waals surface area contributed by atoms with E-state index in [9.17, 15) is 0 Å². The van der Waals surface area contributed by atoms with Gasteiger partial charge in [-0.1, -0.05) is 46.5 Å². The first-order chi connectivity index (χ1) is 10.1. The van der Waals surface area contributed by atoms with E-state index in [2.05, 4.69) is 44.8 Å². The number of ether oxygens (including phenoxy) is 1. The van der Waals surface area contributed by atoms with Crippen LogP contribution in [0.2, 0.25) is 0 Å². The van der Waals surface area contributed by atoms with Gasteiger partial charge in [0.05, 0.1) is 13.2 Å². The van der Waals surface area contributed by atoms with E-state index < -0.39 is 0 Å². The summed E-state index contributed by atoms with van der Waals surface area (Å²) >= 11 is 0. The summed E-state index contributed by atoms with van der Waals surface area (Å²) in [7, 11) is 0. The average molecular weight is 299 g/mol. The van der Waals surface area contributed by atoms with Gasteiger partial charge in [0.15, 0.2) is 0 Å². The molecule has 3 nitrogen and oxygen atoms in total. The molecule has 0 aromatic heterocycles. The van der Waals surface area contributed by atoms with E-state index in [4.69, 9.17) is 4.74 Å². The van der Waals surface area contributed by atoms with Crippen LogP contribution in [0.4, 0.5) is 0 Å². The normalized spacial score (nSPS) is 20.4. The van der Waals surface area contributed by atoms with Crippen molar-refractivity contribution in [2.75, 3.05) is 32.8 Å². The molecule has 1 aliphatic heterocycles. The van der Waals surface area contributed by atoms with Crippen molar-refractivity contribution >= 4 is 0 Å². The van der Waals surface area contributed by atoms with Crippen LogP contribution in [0.5, 0.6) is 0 Å². The van der Waals surface area contributed by atoms with Crippen molar-refractivity contribution in [3.63, 3.8) is 0 Å². The van der Waals surface area contributed by atoms with Gasteiger partial charge in [-0.05, 0) is 32.7 Å². The van der Waals surface area contributed by atoms with E-state index in [-0.39, 0.29) is 5.54 Å². The first kappa shape index (κ1) is 18.9. The molecule has 1 saturated heterocycles. The summed E-state index contributed by atoms with van der Waals surface area (Å²) in [5, 5.41) is 3.78. The van der Waals surface area contributed by atoms with Crippen LogP contribution >= 0.6 is 0 Å². The topological polar surface area (TPSA) is 24.5 Å². The van der Waals surface area contributed by atoms with Crippen LogP contribution in [0.15, 0.2) is 0 Å². The molecule has 0 radical (unpaired) electrons. The van der Waals surface area contributed by atoms with Crippen molar-refractivity contribution in [3.8, 4) is 0 Å². The molecule has 21 heavy (non-hydrogen) atoms. The Balaban J connectivity index is 2.67. The second-order valence-corrected chi connectivity index (χ2v) is 7.02. The molecule has 2 unspecified atom stereocenters. The molecule has 2 atom stereocenters. The van der Waals surface area contributed by atoms with Crippen LogP contribution in [0, 0.1) is 5.92 Å². The summed E-state index contributed by atoms with van der Waals surface area (Å²) < 4.78 is 5.53. The standard InChI is InChI=1S/C18H38N2O/c1-6-9-10-16(7-2)15-17(19-8-3)18(4,5)20-11-13-21-14-12-20/h16-17,19H,6-15H2,1-5H3. The fourth-order valence-electron chi connectivity index (χ4n) is 3.54. The third-order valence-electron chi connectivity index (χ3n) is 5.24. The third kappa shape index (κ3) is 5.88. The average Bonchev–Trinajstić information content (AvgIpc) is 2.51. The molecule has 0 aromatic carbocycles. The van der Waals surface area contributed by atoms with Gasteiger partial charge in [-0.3, -0.25) is 4.90 Å². The van der Waals surface area contributed by atoms with E-state index in [0.29, 0.717) is 6.04 Å². The molecule has 1 N–H and O–H groups in total. The van der Waals surface area contributed by atoms with Crippen LogP contribution in [0.25, 0.3) is 0 Å². The summed E-state index contributed by atoms with van der Waals surface area (Å²) in [6.45, 7) is 16.7. The van der Waals surface area contributed by atoms with Gasteiger partial charge in [0.25, 0.3) is 0 Å². The Kier molecular flexibility index (Phi) is 8.84. The molecular formula is C18H38N2O. The molecule has 1 heterocycles. The fourth-order valence-corrected chi connectivity index (χ4v) is 3.54. The van der Waals surface area contributed by atoms with E-state index in [1.54, 1.807) is 0 Å². The van der Waals surface area contributed by atoms with Crippen molar-refractivity contribution in [1.29, 1.82) is 0 Å². The van der Waals surface area contributed by atoms with Gasteiger partial charge in [0.2, 0.25) is 0 Å². The van der Waals surface area contributed by atoms with Gasteiger partial charge in [-0.25, -0.2) is 0 Å². The highest BCUT2D eigenvalue weighted by Gasteiger charge is 2.36. The van der Waals surface area contributed by atoms with Crippen molar-refractivity contribution in [2.24, 2.45) is 5.92 Å². The Morgan fingerprint density at radius 1 is 1.14 bits per heavy atom. The van der Waals surface area contributed by atoms with Crippen molar-refractivity contribution in [3.05, 3.63) is 0 Å². The van der Waals surface area contributed by atoms with Crippen molar-refractivity contribution < 1.29 is 4.74 Å². The molecule has 1 rings (SSSR count). The van der Waals surface area contributed by atoms with Crippen LogP contribution in [0.3, 0.4) is 0 Å². The van der Waals surface area contributed by atoms with E-state index >= 15 is 0 Å². The van der Waals surface area contributed by atoms with Crippen LogP contribution in [-0.4, -0.2) is 49.3 Å². The quantitative estimate of drug-likeness (QED) is 0.666. The van der Waals surface area contributed by atoms with Gasteiger partial charge < -0.3 is 10.1 Å². The molecule has 0 aromatic rings. The molecule has 126 valence electrons. The maximum absolute atomic E-state index is 5.53. The minimum Gasteiger partial charge on any atom is -0.379 e. The summed E-state index contributed by atoms with van der Waals surface area (Å²) in [6, 6.07) is 0.572. The van der Waals surface area contributed by atoms with Gasteiger partial charge >= 0.3 is 0 Å².